The summed E-state index contributed by atoms with van der Waals surface area (Å²) in [6.45, 7) is 0.413. The first kappa shape index (κ1) is 18.3. The number of hydrogen-bond donors (Lipinski definition) is 0. The van der Waals surface area contributed by atoms with E-state index in [9.17, 15) is 4.79 Å². The molecule has 0 bridgehead atoms. The van der Waals surface area contributed by atoms with E-state index in [1.807, 2.05) is 48.5 Å². The van der Waals surface area contributed by atoms with Crippen LogP contribution in [0.15, 0.2) is 77.0 Å². The van der Waals surface area contributed by atoms with Crippen LogP contribution in [0, 0.1) is 0 Å². The lowest BCUT2D eigenvalue weighted by molar-refractivity contribution is 0.101. The Labute approximate surface area is 171 Å². The van der Waals surface area contributed by atoms with Crippen LogP contribution in [0.25, 0.3) is 6.08 Å². The largest absolute Gasteiger partial charge is 0.497 e. The number of ether oxygens (including phenoxy) is 3. The fourth-order valence-electron chi connectivity index (χ4n) is 2.88. The van der Waals surface area contributed by atoms with Crippen LogP contribution in [0.1, 0.15) is 21.5 Å². The molecule has 0 amide bonds. The second kappa shape index (κ2) is 7.90. The van der Waals surface area contributed by atoms with Crippen molar-refractivity contribution in [3.63, 3.8) is 0 Å². The van der Waals surface area contributed by atoms with E-state index in [1.165, 1.54) is 0 Å². The number of ketones is 1. The quantitative estimate of drug-likeness (QED) is 0.484. The lowest BCUT2D eigenvalue weighted by Gasteiger charge is -2.08. The Morgan fingerprint density at radius 3 is 2.50 bits per heavy atom. The van der Waals surface area contributed by atoms with Gasteiger partial charge in [0.15, 0.2) is 5.76 Å². The third-order valence-electron chi connectivity index (χ3n) is 4.40. The van der Waals surface area contributed by atoms with Gasteiger partial charge in [-0.2, -0.15) is 0 Å². The van der Waals surface area contributed by atoms with Crippen molar-refractivity contribution in [3.8, 4) is 17.2 Å². The fourth-order valence-corrected chi connectivity index (χ4v) is 3.28. The summed E-state index contributed by atoms with van der Waals surface area (Å²) in [5, 5.41) is 0. The van der Waals surface area contributed by atoms with Crippen molar-refractivity contribution in [1.29, 1.82) is 0 Å². The topological polar surface area (TPSA) is 44.8 Å². The average molecular weight is 437 g/mol. The van der Waals surface area contributed by atoms with Crippen LogP contribution >= 0.6 is 15.9 Å². The molecule has 0 atom stereocenters. The van der Waals surface area contributed by atoms with Gasteiger partial charge in [-0.3, -0.25) is 4.79 Å². The second-order valence-corrected chi connectivity index (χ2v) is 7.11. The van der Waals surface area contributed by atoms with Gasteiger partial charge in [-0.05, 0) is 47.5 Å². The van der Waals surface area contributed by atoms with Crippen LogP contribution in [0.2, 0.25) is 0 Å². The number of Topliss-reactive ketones (excluding diaryl/α,β-unsaturated/α-hetero) is 1. The van der Waals surface area contributed by atoms with E-state index in [2.05, 4.69) is 15.9 Å². The smallest absolute Gasteiger partial charge is 0.231 e. The molecule has 140 valence electrons. The van der Waals surface area contributed by atoms with Crippen molar-refractivity contribution in [2.45, 2.75) is 6.61 Å². The molecular formula is C23H17BrO4. The zero-order valence-electron chi connectivity index (χ0n) is 15.1. The molecule has 4 nitrogen and oxygen atoms in total. The van der Waals surface area contributed by atoms with Crippen molar-refractivity contribution in [2.24, 2.45) is 0 Å². The van der Waals surface area contributed by atoms with Crippen molar-refractivity contribution in [3.05, 3.63) is 93.7 Å². The number of allylic oxidation sites excluding steroid dienone is 1. The van der Waals surface area contributed by atoms with Gasteiger partial charge in [0.1, 0.15) is 23.9 Å². The van der Waals surface area contributed by atoms with Crippen molar-refractivity contribution in [2.75, 3.05) is 7.11 Å². The molecule has 0 spiro atoms. The Hall–Kier alpha value is -3.05. The van der Waals surface area contributed by atoms with Gasteiger partial charge in [0, 0.05) is 10.5 Å². The van der Waals surface area contributed by atoms with E-state index in [0.717, 1.165) is 21.3 Å². The molecule has 0 saturated heterocycles. The van der Waals surface area contributed by atoms with E-state index < -0.39 is 0 Å². The molecule has 0 fully saturated rings. The molecule has 0 N–H and O–H groups in total. The van der Waals surface area contributed by atoms with E-state index in [-0.39, 0.29) is 5.78 Å². The second-order valence-electron chi connectivity index (χ2n) is 6.26. The van der Waals surface area contributed by atoms with Crippen LogP contribution in [0.5, 0.6) is 17.2 Å². The number of carbonyl (C=O) groups excluding carboxylic acids is 1. The normalized spacial score (nSPS) is 13.9. The van der Waals surface area contributed by atoms with Gasteiger partial charge in [0.2, 0.25) is 5.78 Å². The predicted octanol–water partition coefficient (Wildman–Crippen LogP) is 5.65. The fraction of sp³-hybridized carbons (Fsp3) is 0.0870. The van der Waals surface area contributed by atoms with Gasteiger partial charge in [0.25, 0.3) is 0 Å². The molecule has 4 rings (SSSR count). The lowest BCUT2D eigenvalue weighted by Crippen LogP contribution is -1.98. The molecule has 3 aromatic carbocycles. The number of carbonyl (C=O) groups is 1. The zero-order chi connectivity index (χ0) is 19.5. The monoisotopic (exact) mass is 436 g/mol. The van der Waals surface area contributed by atoms with Crippen LogP contribution in [0.4, 0.5) is 0 Å². The van der Waals surface area contributed by atoms with Gasteiger partial charge < -0.3 is 14.2 Å². The summed E-state index contributed by atoms with van der Waals surface area (Å²) in [7, 11) is 1.64. The van der Waals surface area contributed by atoms with Crippen LogP contribution in [-0.2, 0) is 6.61 Å². The number of fused-ring (bicyclic) bond motifs is 1. The predicted molar refractivity (Wildman–Crippen MR) is 111 cm³/mol. The average Bonchev–Trinajstić information content (AvgIpc) is 3.03. The molecular weight excluding hydrogens is 420 g/mol. The van der Waals surface area contributed by atoms with Gasteiger partial charge in [-0.15, -0.1) is 0 Å². The number of rotatable bonds is 5. The number of methoxy groups -OCH3 is 1. The first-order valence-corrected chi connectivity index (χ1v) is 9.52. The maximum atomic E-state index is 12.6. The zero-order valence-corrected chi connectivity index (χ0v) is 16.7. The summed E-state index contributed by atoms with van der Waals surface area (Å²) in [5.41, 5.74) is 2.44. The molecule has 0 aliphatic carbocycles. The lowest BCUT2D eigenvalue weighted by atomic mass is 10.1. The molecule has 0 saturated carbocycles. The summed E-state index contributed by atoms with van der Waals surface area (Å²) < 4.78 is 17.7. The number of hydrogen-bond acceptors (Lipinski definition) is 4. The first-order valence-electron chi connectivity index (χ1n) is 8.72. The van der Waals surface area contributed by atoms with E-state index in [0.29, 0.717) is 29.4 Å². The number of halogens is 1. The highest BCUT2D eigenvalue weighted by Crippen LogP contribution is 2.35. The van der Waals surface area contributed by atoms with Crippen molar-refractivity contribution < 1.29 is 19.0 Å². The van der Waals surface area contributed by atoms with Gasteiger partial charge in [-0.1, -0.05) is 46.3 Å². The Morgan fingerprint density at radius 1 is 1.00 bits per heavy atom. The molecule has 3 aromatic rings. The third kappa shape index (κ3) is 3.80. The highest BCUT2D eigenvalue weighted by molar-refractivity contribution is 9.10. The Balaban J connectivity index is 1.49. The van der Waals surface area contributed by atoms with Crippen molar-refractivity contribution in [1.82, 2.24) is 0 Å². The summed E-state index contributed by atoms with van der Waals surface area (Å²) in [4.78, 5) is 12.6. The molecule has 1 heterocycles. The maximum absolute atomic E-state index is 12.6. The highest BCUT2D eigenvalue weighted by Gasteiger charge is 2.27. The minimum Gasteiger partial charge on any atom is -0.497 e. The first-order chi connectivity index (χ1) is 13.6. The summed E-state index contributed by atoms with van der Waals surface area (Å²) in [6, 6.07) is 20.6. The SMILES string of the molecule is COc1ccc(COc2ccc3c(c2)OC(=Cc2ccccc2Br)C3=O)cc1. The van der Waals surface area contributed by atoms with Crippen LogP contribution < -0.4 is 14.2 Å². The van der Waals surface area contributed by atoms with Crippen LogP contribution in [0.3, 0.4) is 0 Å². The van der Waals surface area contributed by atoms with Gasteiger partial charge in [-0.25, -0.2) is 0 Å². The molecule has 1 aliphatic heterocycles. The minimum absolute atomic E-state index is 0.132. The summed E-state index contributed by atoms with van der Waals surface area (Å²) >= 11 is 3.48. The summed E-state index contributed by atoms with van der Waals surface area (Å²) in [5.74, 6) is 2.12. The van der Waals surface area contributed by atoms with Gasteiger partial charge in [0.05, 0.1) is 12.7 Å². The van der Waals surface area contributed by atoms with Crippen molar-refractivity contribution >= 4 is 27.8 Å². The molecule has 1 aliphatic rings. The van der Waals surface area contributed by atoms with E-state index in [1.54, 1.807) is 31.4 Å². The molecule has 0 radical (unpaired) electrons. The Bertz CT molecular complexity index is 1050. The molecule has 0 unspecified atom stereocenters. The minimum atomic E-state index is -0.132. The van der Waals surface area contributed by atoms with Gasteiger partial charge >= 0.3 is 0 Å². The molecule has 0 aromatic heterocycles. The van der Waals surface area contributed by atoms with Crippen LogP contribution in [-0.4, -0.2) is 12.9 Å². The summed E-state index contributed by atoms with van der Waals surface area (Å²) in [6.07, 6.45) is 1.74. The highest BCUT2D eigenvalue weighted by atomic mass is 79.9. The maximum Gasteiger partial charge on any atom is 0.231 e. The Morgan fingerprint density at radius 2 is 1.75 bits per heavy atom. The third-order valence-corrected chi connectivity index (χ3v) is 5.12. The number of benzene rings is 3. The Kier molecular flexibility index (Phi) is 5.17. The standard InChI is InChI=1S/C23H17BrO4/c1-26-17-8-6-15(7-9-17)14-27-18-10-11-19-21(13-18)28-22(23(19)25)12-16-4-2-3-5-20(16)24/h2-13H,14H2,1H3. The molecule has 5 heteroatoms. The van der Waals surface area contributed by atoms with E-state index >= 15 is 0 Å². The van der Waals surface area contributed by atoms with E-state index in [4.69, 9.17) is 14.2 Å². The molecule has 28 heavy (non-hydrogen) atoms.